The van der Waals surface area contributed by atoms with Gasteiger partial charge in [0, 0.05) is 22.5 Å². The predicted molar refractivity (Wildman–Crippen MR) is 252 cm³/mol. The summed E-state index contributed by atoms with van der Waals surface area (Å²) in [6.45, 7) is 5.62. The van der Waals surface area contributed by atoms with Crippen LogP contribution in [0.15, 0.2) is 105 Å². The van der Waals surface area contributed by atoms with Crippen molar-refractivity contribution in [2.24, 2.45) is 20.5 Å². The number of para-hydroxylation sites is 2. The van der Waals surface area contributed by atoms with Gasteiger partial charge in [-0.1, -0.05) is 72.4 Å². The van der Waals surface area contributed by atoms with Gasteiger partial charge in [0.25, 0.3) is 23.6 Å². The van der Waals surface area contributed by atoms with E-state index in [-0.39, 0.29) is 66.8 Å². The van der Waals surface area contributed by atoms with Crippen LogP contribution in [-0.4, -0.2) is 47.3 Å². The quantitative estimate of drug-likeness (QED) is 0.0430. The molecule has 5 aromatic carbocycles. The number of nitrogens with zero attached hydrogens (tertiary/aromatic N) is 4. The number of ketones is 2. The van der Waals surface area contributed by atoms with Gasteiger partial charge in [0.05, 0.1) is 42.6 Å². The van der Waals surface area contributed by atoms with Gasteiger partial charge in [-0.15, -0.1) is 0 Å². The molecule has 0 spiro atoms. The fourth-order valence-electron chi connectivity index (χ4n) is 6.62. The van der Waals surface area contributed by atoms with Crippen LogP contribution in [0.2, 0.25) is 20.1 Å². The number of halogens is 10. The SMILES string of the molecule is CCc1c(NC(=O)C(N=Nc2cc(C(=O)Nc3c(Cl)cccc3C(F)(F)F)ccc2Cl)C(C)=O)ccc(NC(=O)C(N=Nc2cc(C(=O)Nc3c(Cl)cccc3C(F)(F)F)ccc2Cl)C(C)=O)c1CC. The highest BCUT2D eigenvalue weighted by Gasteiger charge is 2.36. The summed E-state index contributed by atoms with van der Waals surface area (Å²) in [5.41, 5.74) is -3.19. The number of hydrogen-bond donors (Lipinski definition) is 4. The van der Waals surface area contributed by atoms with Crippen LogP contribution in [0.5, 0.6) is 0 Å². The topological polar surface area (TPSA) is 200 Å². The Hall–Kier alpha value is -6.74. The van der Waals surface area contributed by atoms with E-state index in [1.165, 1.54) is 36.4 Å². The van der Waals surface area contributed by atoms with E-state index in [1.54, 1.807) is 13.8 Å². The van der Waals surface area contributed by atoms with Crippen LogP contribution >= 0.6 is 46.4 Å². The van der Waals surface area contributed by atoms with Crippen LogP contribution in [0.3, 0.4) is 0 Å². The summed E-state index contributed by atoms with van der Waals surface area (Å²) in [4.78, 5) is 78.8. The summed E-state index contributed by atoms with van der Waals surface area (Å²) in [5, 5.41) is 24.2. The molecule has 0 aromatic heterocycles. The first-order valence-electron chi connectivity index (χ1n) is 20.4. The molecule has 24 heteroatoms. The maximum Gasteiger partial charge on any atom is 0.418 e. The number of carbonyl (C=O) groups excluding carboxylic acids is 6. The molecule has 366 valence electrons. The Morgan fingerprint density at radius 2 is 0.871 bits per heavy atom. The van der Waals surface area contributed by atoms with Crippen LogP contribution in [0.4, 0.5) is 60.5 Å². The monoisotopic (exact) mass is 1050 g/mol. The standard InChI is InChI=1S/C46H36Cl4F6N8O6/c1-5-25-26(6-2)34(58-44(70)38(22(4)66)64-62-36-20-24(14-16-30(36)48)42(68)60-40-28(46(54,55)56)10-8-12-32(40)50)18-17-33(25)57-43(69)37(21(3)65)63-61-35-19-23(13-15-29(35)47)41(67)59-39-27(45(51,52)53)9-7-11-31(39)49/h7-20,37-38H,5-6H2,1-4H3,(H,57,69)(H,58,70)(H,59,67)(H,60,68). The molecule has 0 aliphatic heterocycles. The largest absolute Gasteiger partial charge is 0.418 e. The van der Waals surface area contributed by atoms with Crippen LogP contribution in [0.25, 0.3) is 0 Å². The van der Waals surface area contributed by atoms with Crippen molar-refractivity contribution in [3.63, 3.8) is 0 Å². The number of benzene rings is 5. The van der Waals surface area contributed by atoms with Gasteiger partial charge in [-0.25, -0.2) is 0 Å². The van der Waals surface area contributed by atoms with E-state index < -0.39 is 82.1 Å². The van der Waals surface area contributed by atoms with Gasteiger partial charge in [-0.05, 0) is 111 Å². The Balaban J connectivity index is 1.33. The summed E-state index contributed by atoms with van der Waals surface area (Å²) < 4.78 is 81.8. The molecule has 2 unspecified atom stereocenters. The molecule has 2 atom stereocenters. The van der Waals surface area contributed by atoms with Crippen molar-refractivity contribution in [1.29, 1.82) is 0 Å². The Kier molecular flexibility index (Phi) is 17.6. The van der Waals surface area contributed by atoms with Gasteiger partial charge in [-0.2, -0.15) is 46.8 Å². The summed E-state index contributed by atoms with van der Waals surface area (Å²) in [6, 6.07) is 12.2. The Morgan fingerprint density at radius 1 is 0.514 bits per heavy atom. The Morgan fingerprint density at radius 3 is 1.19 bits per heavy atom. The zero-order valence-corrected chi connectivity index (χ0v) is 39.7. The lowest BCUT2D eigenvalue weighted by atomic mass is 9.98. The lowest BCUT2D eigenvalue weighted by Gasteiger charge is -2.20. The number of hydrogen-bond acceptors (Lipinski definition) is 10. The van der Waals surface area contributed by atoms with Gasteiger partial charge in [-0.3, -0.25) is 28.8 Å². The van der Waals surface area contributed by atoms with E-state index in [1.807, 2.05) is 0 Å². The van der Waals surface area contributed by atoms with E-state index >= 15 is 0 Å². The third-order valence-electron chi connectivity index (χ3n) is 10.0. The maximum atomic E-state index is 13.6. The first-order valence-corrected chi connectivity index (χ1v) is 21.9. The van der Waals surface area contributed by atoms with E-state index in [0.717, 1.165) is 62.4 Å². The molecule has 70 heavy (non-hydrogen) atoms. The normalized spacial score (nSPS) is 12.7. The smallest absolute Gasteiger partial charge is 0.323 e. The third kappa shape index (κ3) is 13.1. The van der Waals surface area contributed by atoms with Crippen molar-refractivity contribution in [3.8, 4) is 0 Å². The minimum Gasteiger partial charge on any atom is -0.323 e. The number of rotatable bonds is 16. The molecular formula is C46H36Cl4F6N8O6. The second-order valence-electron chi connectivity index (χ2n) is 14.8. The van der Waals surface area contributed by atoms with Gasteiger partial charge in [0.1, 0.15) is 11.4 Å². The second kappa shape index (κ2) is 22.8. The fourth-order valence-corrected chi connectivity index (χ4v) is 7.38. The molecule has 14 nitrogen and oxygen atoms in total. The first-order chi connectivity index (χ1) is 32.9. The van der Waals surface area contributed by atoms with Crippen molar-refractivity contribution in [2.75, 3.05) is 21.3 Å². The van der Waals surface area contributed by atoms with Crippen LogP contribution in [0, 0.1) is 0 Å². The third-order valence-corrected chi connectivity index (χ3v) is 11.3. The van der Waals surface area contributed by atoms with Gasteiger partial charge in [0.15, 0.2) is 11.6 Å². The second-order valence-corrected chi connectivity index (χ2v) is 16.5. The Labute approximate surface area is 414 Å². The predicted octanol–water partition coefficient (Wildman–Crippen LogP) is 13.3. The first kappa shape index (κ1) is 54.2. The zero-order chi connectivity index (χ0) is 51.8. The van der Waals surface area contributed by atoms with Crippen molar-refractivity contribution < 1.29 is 55.1 Å². The fraction of sp³-hybridized carbons (Fsp3) is 0.217. The number of anilines is 4. The number of carbonyl (C=O) groups is 6. The lowest BCUT2D eigenvalue weighted by molar-refractivity contribution is -0.137. The molecule has 0 saturated carbocycles. The van der Waals surface area contributed by atoms with Crippen molar-refractivity contribution >= 4 is 116 Å². The summed E-state index contributed by atoms with van der Waals surface area (Å²) in [7, 11) is 0. The Bertz CT molecular complexity index is 2770. The molecule has 0 radical (unpaired) electrons. The molecule has 0 fully saturated rings. The molecule has 0 aliphatic rings. The number of nitrogens with one attached hydrogen (secondary N) is 4. The molecule has 0 aliphatic carbocycles. The number of alkyl halides is 6. The van der Waals surface area contributed by atoms with Crippen LogP contribution < -0.4 is 21.3 Å². The van der Waals surface area contributed by atoms with Crippen LogP contribution in [0.1, 0.15) is 70.7 Å². The van der Waals surface area contributed by atoms with E-state index in [9.17, 15) is 55.1 Å². The van der Waals surface area contributed by atoms with Crippen molar-refractivity contribution in [3.05, 3.63) is 138 Å². The minimum absolute atomic E-state index is 0.0926. The molecule has 0 bridgehead atoms. The average Bonchev–Trinajstić information content (AvgIpc) is 3.28. The highest BCUT2D eigenvalue weighted by molar-refractivity contribution is 6.35. The minimum atomic E-state index is -4.85. The van der Waals surface area contributed by atoms with E-state index in [2.05, 4.69) is 41.7 Å². The van der Waals surface area contributed by atoms with E-state index in [4.69, 9.17) is 46.4 Å². The van der Waals surface area contributed by atoms with Gasteiger partial charge in [0.2, 0.25) is 12.1 Å². The highest BCUT2D eigenvalue weighted by Crippen LogP contribution is 2.41. The molecule has 5 rings (SSSR count). The lowest BCUT2D eigenvalue weighted by Crippen LogP contribution is -2.33. The van der Waals surface area contributed by atoms with E-state index in [0.29, 0.717) is 11.1 Å². The van der Waals surface area contributed by atoms with Gasteiger partial charge < -0.3 is 21.3 Å². The molecule has 0 saturated heterocycles. The van der Waals surface area contributed by atoms with Crippen molar-refractivity contribution in [1.82, 2.24) is 0 Å². The van der Waals surface area contributed by atoms with Crippen LogP contribution in [-0.2, 0) is 44.4 Å². The van der Waals surface area contributed by atoms with Gasteiger partial charge >= 0.3 is 12.4 Å². The summed E-state index contributed by atoms with van der Waals surface area (Å²) >= 11 is 24.5. The number of Topliss-reactive ketones (excluding diaryl/α,β-unsaturated/α-hetero) is 2. The molecule has 4 N–H and O–H groups in total. The molecule has 5 aromatic rings. The summed E-state index contributed by atoms with van der Waals surface area (Å²) in [5.74, 6) is -5.45. The number of azo groups is 2. The maximum absolute atomic E-state index is 13.6. The summed E-state index contributed by atoms with van der Waals surface area (Å²) in [6.07, 6.45) is -9.16. The highest BCUT2D eigenvalue weighted by atomic mass is 35.5. The average molecular weight is 1050 g/mol. The molecule has 0 heterocycles. The van der Waals surface area contributed by atoms with Crippen molar-refractivity contribution in [2.45, 2.75) is 65.0 Å². The zero-order valence-electron chi connectivity index (χ0n) is 36.7. The number of amides is 4. The molecule has 4 amide bonds. The molecular weight excluding hydrogens is 1020 g/mol.